The van der Waals surface area contributed by atoms with Crippen LogP contribution in [0.5, 0.6) is 5.75 Å². The van der Waals surface area contributed by atoms with E-state index in [1.54, 1.807) is 43.8 Å². The van der Waals surface area contributed by atoms with Crippen LogP contribution in [-0.4, -0.2) is 38.0 Å². The number of thioether (sulfide) groups is 1. The molecular weight excluding hydrogens is 350 g/mol. The second kappa shape index (κ2) is 8.01. The molecule has 0 aliphatic carbocycles. The molecule has 0 fully saturated rings. The molecule has 2 aromatic heterocycles. The minimum absolute atomic E-state index is 0.105. The second-order valence-corrected chi connectivity index (χ2v) is 6.89. The summed E-state index contributed by atoms with van der Waals surface area (Å²) >= 11 is 1.35. The summed E-state index contributed by atoms with van der Waals surface area (Å²) in [6.07, 6.45) is 3.44. The quantitative estimate of drug-likeness (QED) is 0.673. The van der Waals surface area contributed by atoms with Gasteiger partial charge in [0, 0.05) is 30.7 Å². The van der Waals surface area contributed by atoms with Gasteiger partial charge in [0.25, 0.3) is 0 Å². The van der Waals surface area contributed by atoms with Crippen molar-refractivity contribution in [3.05, 3.63) is 48.8 Å². The van der Waals surface area contributed by atoms with Gasteiger partial charge in [-0.3, -0.25) is 9.78 Å². The number of hydrogen-bond acceptors (Lipinski definition) is 6. The predicted molar refractivity (Wildman–Crippen MR) is 101 cm³/mol. The van der Waals surface area contributed by atoms with Crippen LogP contribution in [0, 0.1) is 0 Å². The van der Waals surface area contributed by atoms with Gasteiger partial charge in [-0.15, -0.1) is 10.2 Å². The lowest BCUT2D eigenvalue weighted by Crippen LogP contribution is -2.22. The summed E-state index contributed by atoms with van der Waals surface area (Å²) in [5.74, 6) is 1.35. The zero-order valence-electron chi connectivity index (χ0n) is 14.7. The Morgan fingerprint density at radius 2 is 2.00 bits per heavy atom. The standard InChI is InChI=1S/C18H19N5O2S/c1-12(17(24)20-14-6-8-15(25-3)9-7-14)26-18-22-21-16(23(18)2)13-5-4-10-19-11-13/h4-12H,1-3H3,(H,20,24)/t12-/m1/s1. The molecule has 26 heavy (non-hydrogen) atoms. The van der Waals surface area contributed by atoms with Gasteiger partial charge in [0.05, 0.1) is 12.4 Å². The molecule has 3 rings (SSSR count). The van der Waals surface area contributed by atoms with Crippen molar-refractivity contribution in [2.75, 3.05) is 12.4 Å². The monoisotopic (exact) mass is 369 g/mol. The highest BCUT2D eigenvalue weighted by Gasteiger charge is 2.19. The second-order valence-electron chi connectivity index (χ2n) is 5.58. The number of carbonyl (C=O) groups is 1. The van der Waals surface area contributed by atoms with Crippen molar-refractivity contribution in [2.45, 2.75) is 17.3 Å². The van der Waals surface area contributed by atoms with E-state index in [4.69, 9.17) is 4.74 Å². The molecule has 0 saturated heterocycles. The Bertz CT molecular complexity index is 880. The Morgan fingerprint density at radius 1 is 1.23 bits per heavy atom. The molecule has 1 atom stereocenters. The molecule has 1 N–H and O–H groups in total. The fourth-order valence-corrected chi connectivity index (χ4v) is 3.11. The number of anilines is 1. The number of nitrogens with zero attached hydrogens (tertiary/aromatic N) is 4. The van der Waals surface area contributed by atoms with Gasteiger partial charge >= 0.3 is 0 Å². The zero-order chi connectivity index (χ0) is 18.5. The number of rotatable bonds is 6. The van der Waals surface area contributed by atoms with E-state index < -0.39 is 0 Å². The fraction of sp³-hybridized carbons (Fsp3) is 0.222. The number of ether oxygens (including phenoxy) is 1. The molecule has 0 spiro atoms. The summed E-state index contributed by atoms with van der Waals surface area (Å²) in [5.41, 5.74) is 1.60. The van der Waals surface area contributed by atoms with Gasteiger partial charge in [0.15, 0.2) is 11.0 Å². The number of pyridine rings is 1. The summed E-state index contributed by atoms with van der Waals surface area (Å²) in [7, 11) is 3.48. The van der Waals surface area contributed by atoms with Crippen molar-refractivity contribution in [3.8, 4) is 17.1 Å². The maximum absolute atomic E-state index is 12.4. The van der Waals surface area contributed by atoms with Crippen molar-refractivity contribution >= 4 is 23.4 Å². The molecule has 1 amide bonds. The summed E-state index contributed by atoms with van der Waals surface area (Å²) in [4.78, 5) is 16.5. The highest BCUT2D eigenvalue weighted by Crippen LogP contribution is 2.26. The Kier molecular flexibility index (Phi) is 5.52. The van der Waals surface area contributed by atoms with Crippen molar-refractivity contribution in [3.63, 3.8) is 0 Å². The highest BCUT2D eigenvalue weighted by molar-refractivity contribution is 8.00. The van der Waals surface area contributed by atoms with E-state index >= 15 is 0 Å². The molecule has 0 bridgehead atoms. The minimum Gasteiger partial charge on any atom is -0.497 e. The lowest BCUT2D eigenvalue weighted by atomic mass is 10.3. The Labute approximate surface area is 155 Å². The fourth-order valence-electron chi connectivity index (χ4n) is 2.29. The van der Waals surface area contributed by atoms with E-state index in [1.165, 1.54) is 11.8 Å². The number of hydrogen-bond donors (Lipinski definition) is 1. The Hall–Kier alpha value is -2.87. The number of benzene rings is 1. The van der Waals surface area contributed by atoms with E-state index in [0.29, 0.717) is 11.0 Å². The number of methoxy groups -OCH3 is 1. The van der Waals surface area contributed by atoms with E-state index in [1.807, 2.05) is 30.7 Å². The van der Waals surface area contributed by atoms with Gasteiger partial charge in [-0.05, 0) is 43.3 Å². The van der Waals surface area contributed by atoms with Crippen LogP contribution in [0.2, 0.25) is 0 Å². The SMILES string of the molecule is COc1ccc(NC(=O)[C@@H](C)Sc2nnc(-c3cccnc3)n2C)cc1. The Morgan fingerprint density at radius 3 is 2.65 bits per heavy atom. The average molecular weight is 369 g/mol. The average Bonchev–Trinajstić information content (AvgIpc) is 3.03. The molecule has 1 aromatic carbocycles. The molecule has 0 unspecified atom stereocenters. The largest absolute Gasteiger partial charge is 0.497 e. The van der Waals surface area contributed by atoms with Crippen LogP contribution in [0.1, 0.15) is 6.92 Å². The lowest BCUT2D eigenvalue weighted by molar-refractivity contribution is -0.115. The summed E-state index contributed by atoms with van der Waals surface area (Å²) in [6.45, 7) is 1.84. The number of carbonyl (C=O) groups excluding carboxylic acids is 1. The van der Waals surface area contributed by atoms with E-state index in [0.717, 1.165) is 17.0 Å². The maximum Gasteiger partial charge on any atom is 0.237 e. The topological polar surface area (TPSA) is 81.9 Å². The van der Waals surface area contributed by atoms with Crippen molar-refractivity contribution in [1.29, 1.82) is 0 Å². The maximum atomic E-state index is 12.4. The van der Waals surface area contributed by atoms with Crippen LogP contribution in [0.15, 0.2) is 53.9 Å². The molecule has 134 valence electrons. The summed E-state index contributed by atoms with van der Waals surface area (Å²) in [6, 6.07) is 11.0. The number of amides is 1. The molecule has 7 nitrogen and oxygen atoms in total. The first-order chi connectivity index (χ1) is 12.6. The van der Waals surface area contributed by atoms with Crippen LogP contribution in [0.25, 0.3) is 11.4 Å². The highest BCUT2D eigenvalue weighted by atomic mass is 32.2. The van der Waals surface area contributed by atoms with Gasteiger partial charge in [0.2, 0.25) is 5.91 Å². The zero-order valence-corrected chi connectivity index (χ0v) is 15.5. The third-order valence-corrected chi connectivity index (χ3v) is 4.90. The summed E-state index contributed by atoms with van der Waals surface area (Å²) in [5, 5.41) is 11.6. The van der Waals surface area contributed by atoms with Crippen LogP contribution < -0.4 is 10.1 Å². The van der Waals surface area contributed by atoms with Crippen LogP contribution in [0.4, 0.5) is 5.69 Å². The number of nitrogens with one attached hydrogen (secondary N) is 1. The molecule has 0 radical (unpaired) electrons. The molecule has 8 heteroatoms. The van der Waals surface area contributed by atoms with Gasteiger partial charge in [-0.25, -0.2) is 0 Å². The first-order valence-corrected chi connectivity index (χ1v) is 8.88. The van der Waals surface area contributed by atoms with Gasteiger partial charge in [-0.2, -0.15) is 0 Å². The van der Waals surface area contributed by atoms with Crippen molar-refractivity contribution in [2.24, 2.45) is 7.05 Å². The summed E-state index contributed by atoms with van der Waals surface area (Å²) < 4.78 is 6.97. The van der Waals surface area contributed by atoms with E-state index in [2.05, 4.69) is 20.5 Å². The smallest absolute Gasteiger partial charge is 0.237 e. The molecule has 3 aromatic rings. The van der Waals surface area contributed by atoms with Crippen molar-refractivity contribution < 1.29 is 9.53 Å². The van der Waals surface area contributed by atoms with Crippen molar-refractivity contribution in [1.82, 2.24) is 19.7 Å². The third-order valence-electron chi connectivity index (χ3n) is 3.76. The van der Waals surface area contributed by atoms with E-state index in [9.17, 15) is 4.79 Å². The van der Waals surface area contributed by atoms with Gasteiger partial charge in [0.1, 0.15) is 5.75 Å². The Balaban J connectivity index is 1.66. The number of aromatic nitrogens is 4. The molecular formula is C18H19N5O2S. The first-order valence-electron chi connectivity index (χ1n) is 8.00. The normalized spacial score (nSPS) is 11.8. The predicted octanol–water partition coefficient (Wildman–Crippen LogP) is 3.01. The third kappa shape index (κ3) is 4.02. The van der Waals surface area contributed by atoms with Gasteiger partial charge < -0.3 is 14.6 Å². The minimum atomic E-state index is -0.332. The van der Waals surface area contributed by atoms with E-state index in [-0.39, 0.29) is 11.2 Å². The molecule has 2 heterocycles. The molecule has 0 aliphatic rings. The van der Waals surface area contributed by atoms with Crippen LogP contribution in [-0.2, 0) is 11.8 Å². The molecule has 0 saturated carbocycles. The first kappa shape index (κ1) is 17.9. The lowest BCUT2D eigenvalue weighted by Gasteiger charge is -2.12. The van der Waals surface area contributed by atoms with Gasteiger partial charge in [-0.1, -0.05) is 11.8 Å². The van der Waals surface area contributed by atoms with Crippen LogP contribution in [0.3, 0.4) is 0 Å². The molecule has 0 aliphatic heterocycles. The van der Waals surface area contributed by atoms with Crippen LogP contribution >= 0.6 is 11.8 Å².